The fraction of sp³-hybridized carbons (Fsp3) is 0.588. The lowest BCUT2D eigenvalue weighted by molar-refractivity contribution is -0.384. The Morgan fingerprint density at radius 2 is 1.85 bits per heavy atom. The summed E-state index contributed by atoms with van der Waals surface area (Å²) in [5, 5.41) is 11.6. The summed E-state index contributed by atoms with van der Waals surface area (Å²) in [5.74, 6) is -0.00289. The number of anilines is 1. The second kappa shape index (κ2) is 7.61. The van der Waals surface area contributed by atoms with Crippen molar-refractivity contribution in [3.05, 3.63) is 28.3 Å². The van der Waals surface area contributed by atoms with E-state index in [1.54, 1.807) is 0 Å². The highest BCUT2D eigenvalue weighted by molar-refractivity contribution is 7.90. The molecule has 26 heavy (non-hydrogen) atoms. The van der Waals surface area contributed by atoms with E-state index in [-0.39, 0.29) is 28.6 Å². The summed E-state index contributed by atoms with van der Waals surface area (Å²) in [5.41, 5.74) is 0.174. The van der Waals surface area contributed by atoms with E-state index in [0.29, 0.717) is 25.2 Å². The van der Waals surface area contributed by atoms with Gasteiger partial charge in [-0.1, -0.05) is 13.8 Å². The molecule has 1 aromatic carbocycles. The average molecular weight is 383 g/mol. The molecule has 1 aromatic rings. The van der Waals surface area contributed by atoms with Crippen LogP contribution in [0.25, 0.3) is 0 Å². The van der Waals surface area contributed by atoms with Crippen molar-refractivity contribution in [2.24, 2.45) is 0 Å². The van der Waals surface area contributed by atoms with E-state index in [1.165, 1.54) is 19.1 Å². The minimum atomic E-state index is -3.54. The highest BCUT2D eigenvalue weighted by atomic mass is 32.2. The Kier molecular flexibility index (Phi) is 5.90. The van der Waals surface area contributed by atoms with Crippen LogP contribution < -0.4 is 4.90 Å². The molecule has 1 heterocycles. The second-order valence-corrected chi connectivity index (χ2v) is 8.64. The summed E-state index contributed by atoms with van der Waals surface area (Å²) in [6.45, 7) is 6.46. The Labute approximate surface area is 153 Å². The molecule has 0 saturated carbocycles. The highest BCUT2D eigenvalue weighted by Gasteiger charge is 2.36. The highest BCUT2D eigenvalue weighted by Crippen LogP contribution is 2.35. The number of nitrogens with zero attached hydrogens (tertiary/aromatic N) is 3. The third-order valence-electron chi connectivity index (χ3n) is 4.92. The normalized spacial score (nSPS) is 20.9. The van der Waals surface area contributed by atoms with Gasteiger partial charge in [-0.15, -0.1) is 0 Å². The number of nitro benzene ring substituents is 1. The van der Waals surface area contributed by atoms with E-state index in [1.807, 2.05) is 23.6 Å². The summed E-state index contributed by atoms with van der Waals surface area (Å²) < 4.78 is 23.5. The summed E-state index contributed by atoms with van der Waals surface area (Å²) in [7, 11) is -3.54. The summed E-state index contributed by atoms with van der Waals surface area (Å²) in [6, 6.07) is 3.93. The summed E-state index contributed by atoms with van der Waals surface area (Å²) >= 11 is 0. The van der Waals surface area contributed by atoms with Crippen LogP contribution in [0.3, 0.4) is 0 Å². The SMILES string of the molecule is CC[C@@H]1CN(c2ccc(S(C)(=O)=O)cc2[N+](=O)[O-])[C@H](CC)CN1C(C)=O. The number of hydrogen-bond donors (Lipinski definition) is 0. The lowest BCUT2D eigenvalue weighted by atomic mass is 10.0. The number of carbonyl (C=O) groups is 1. The van der Waals surface area contributed by atoms with Gasteiger partial charge in [0.2, 0.25) is 5.91 Å². The molecule has 0 unspecified atom stereocenters. The minimum Gasteiger partial charge on any atom is -0.359 e. The minimum absolute atomic E-state index is 0.00289. The quantitative estimate of drug-likeness (QED) is 0.571. The van der Waals surface area contributed by atoms with Crippen LogP contribution in [0.1, 0.15) is 33.6 Å². The van der Waals surface area contributed by atoms with Gasteiger partial charge in [-0.2, -0.15) is 0 Å². The molecule has 144 valence electrons. The number of piperazine rings is 1. The fourth-order valence-electron chi connectivity index (χ4n) is 3.45. The largest absolute Gasteiger partial charge is 0.359 e. The van der Waals surface area contributed by atoms with Gasteiger partial charge in [-0.25, -0.2) is 8.42 Å². The van der Waals surface area contributed by atoms with Gasteiger partial charge in [0, 0.05) is 44.4 Å². The molecule has 0 N–H and O–H groups in total. The number of benzene rings is 1. The van der Waals surface area contributed by atoms with Crippen LogP contribution in [0.2, 0.25) is 0 Å². The third kappa shape index (κ3) is 3.98. The zero-order valence-electron chi connectivity index (χ0n) is 15.5. The third-order valence-corrected chi connectivity index (χ3v) is 6.03. The molecule has 0 radical (unpaired) electrons. The molecule has 2 rings (SSSR count). The van der Waals surface area contributed by atoms with Crippen molar-refractivity contribution in [2.75, 3.05) is 24.2 Å². The van der Waals surface area contributed by atoms with Crippen molar-refractivity contribution in [2.45, 2.75) is 50.6 Å². The molecule has 2 atom stereocenters. The maximum atomic E-state index is 11.9. The fourth-order valence-corrected chi connectivity index (χ4v) is 4.09. The van der Waals surface area contributed by atoms with Crippen LogP contribution in [0.15, 0.2) is 23.1 Å². The number of sulfone groups is 1. The van der Waals surface area contributed by atoms with Gasteiger partial charge in [0.25, 0.3) is 5.69 Å². The molecular formula is C17H25N3O5S. The monoisotopic (exact) mass is 383 g/mol. The van der Waals surface area contributed by atoms with E-state index in [0.717, 1.165) is 18.7 Å². The van der Waals surface area contributed by atoms with Gasteiger partial charge < -0.3 is 9.80 Å². The molecule has 8 nitrogen and oxygen atoms in total. The molecule has 0 bridgehead atoms. The van der Waals surface area contributed by atoms with Crippen LogP contribution in [0.5, 0.6) is 0 Å². The Hall–Kier alpha value is -2.16. The standard InChI is InChI=1S/C17H25N3O5S/c1-5-13-11-19(14(6-2)10-18(13)12(3)21)16-8-7-15(26(4,24)25)9-17(16)20(22)23/h7-9,13-14H,5-6,10-11H2,1-4H3/t13-,14-/m1/s1. The van der Waals surface area contributed by atoms with Gasteiger partial charge in [-0.05, 0) is 25.0 Å². The van der Waals surface area contributed by atoms with Crippen molar-refractivity contribution >= 4 is 27.1 Å². The van der Waals surface area contributed by atoms with Crippen molar-refractivity contribution in [1.82, 2.24) is 4.90 Å². The van der Waals surface area contributed by atoms with E-state index in [4.69, 9.17) is 0 Å². The zero-order valence-corrected chi connectivity index (χ0v) is 16.3. The molecule has 1 fully saturated rings. The Morgan fingerprint density at radius 1 is 1.23 bits per heavy atom. The van der Waals surface area contributed by atoms with Crippen molar-refractivity contribution in [3.63, 3.8) is 0 Å². The maximum Gasteiger partial charge on any atom is 0.293 e. The van der Waals surface area contributed by atoms with E-state index in [9.17, 15) is 23.3 Å². The van der Waals surface area contributed by atoms with Crippen LogP contribution >= 0.6 is 0 Å². The van der Waals surface area contributed by atoms with E-state index < -0.39 is 14.8 Å². The molecule has 9 heteroatoms. The Balaban J connectivity index is 2.51. The van der Waals surface area contributed by atoms with Crippen LogP contribution in [0, 0.1) is 10.1 Å². The lowest BCUT2D eigenvalue weighted by Crippen LogP contribution is -2.59. The first-order chi connectivity index (χ1) is 12.1. The van der Waals surface area contributed by atoms with Crippen LogP contribution in [0.4, 0.5) is 11.4 Å². The van der Waals surface area contributed by atoms with Crippen molar-refractivity contribution < 1.29 is 18.1 Å². The maximum absolute atomic E-state index is 11.9. The zero-order chi connectivity index (χ0) is 19.6. The first-order valence-corrected chi connectivity index (χ1v) is 10.5. The van der Waals surface area contributed by atoms with Gasteiger partial charge >= 0.3 is 0 Å². The lowest BCUT2D eigenvalue weighted by Gasteiger charge is -2.46. The number of amides is 1. The topological polar surface area (TPSA) is 101 Å². The predicted octanol–water partition coefficient (Wildman–Crippen LogP) is 2.22. The average Bonchev–Trinajstić information content (AvgIpc) is 2.58. The molecule has 1 aliphatic rings. The molecule has 0 aromatic heterocycles. The summed E-state index contributed by atoms with van der Waals surface area (Å²) in [6.07, 6.45) is 2.48. The number of carbonyl (C=O) groups excluding carboxylic acids is 1. The smallest absolute Gasteiger partial charge is 0.293 e. The van der Waals surface area contributed by atoms with Crippen LogP contribution in [-0.2, 0) is 14.6 Å². The van der Waals surface area contributed by atoms with Gasteiger partial charge in [0.1, 0.15) is 5.69 Å². The van der Waals surface area contributed by atoms with E-state index in [2.05, 4.69) is 0 Å². The number of rotatable bonds is 5. The molecule has 1 aliphatic heterocycles. The molecule has 0 aliphatic carbocycles. The molecule has 0 spiro atoms. The molecular weight excluding hydrogens is 358 g/mol. The Morgan fingerprint density at radius 3 is 2.31 bits per heavy atom. The van der Waals surface area contributed by atoms with Crippen LogP contribution in [-0.4, -0.2) is 55.6 Å². The molecule has 1 saturated heterocycles. The first kappa shape index (κ1) is 20.2. The summed E-state index contributed by atoms with van der Waals surface area (Å²) in [4.78, 5) is 26.7. The number of hydrogen-bond acceptors (Lipinski definition) is 6. The van der Waals surface area contributed by atoms with Gasteiger partial charge in [0.15, 0.2) is 9.84 Å². The van der Waals surface area contributed by atoms with Gasteiger partial charge in [-0.3, -0.25) is 14.9 Å². The Bertz CT molecular complexity index is 809. The number of nitro groups is 1. The van der Waals surface area contributed by atoms with Crippen molar-refractivity contribution in [1.29, 1.82) is 0 Å². The first-order valence-electron chi connectivity index (χ1n) is 8.62. The van der Waals surface area contributed by atoms with Gasteiger partial charge in [0.05, 0.1) is 9.82 Å². The predicted molar refractivity (Wildman–Crippen MR) is 99.1 cm³/mol. The second-order valence-electron chi connectivity index (χ2n) is 6.63. The van der Waals surface area contributed by atoms with Crippen molar-refractivity contribution in [3.8, 4) is 0 Å². The van der Waals surface area contributed by atoms with E-state index >= 15 is 0 Å². The molecule has 1 amide bonds.